The highest BCUT2D eigenvalue weighted by Gasteiger charge is 2.29. The first-order chi connectivity index (χ1) is 8.60. The van der Waals surface area contributed by atoms with Crippen LogP contribution in [0.25, 0.3) is 5.57 Å². The Morgan fingerprint density at radius 1 is 1.33 bits per heavy atom. The standard InChI is InChI=1S/C13H17NO3S/c1-14-8-4-5-10-9-18(15,16)12-7-3-6-11(17-2)13(10)12/h3,6-7,9,14H,4-5,8H2,1-2H3. The van der Waals surface area contributed by atoms with Gasteiger partial charge in [0, 0.05) is 11.0 Å². The number of sulfone groups is 1. The Bertz CT molecular complexity index is 576. The summed E-state index contributed by atoms with van der Waals surface area (Å²) in [4.78, 5) is 0.362. The zero-order chi connectivity index (χ0) is 13.2. The van der Waals surface area contributed by atoms with Gasteiger partial charge >= 0.3 is 0 Å². The van der Waals surface area contributed by atoms with Gasteiger partial charge in [-0.25, -0.2) is 8.42 Å². The maximum absolute atomic E-state index is 12.0. The van der Waals surface area contributed by atoms with Crippen molar-refractivity contribution in [2.75, 3.05) is 20.7 Å². The minimum atomic E-state index is -3.29. The van der Waals surface area contributed by atoms with Gasteiger partial charge in [-0.1, -0.05) is 6.07 Å². The molecule has 0 bridgehead atoms. The lowest BCUT2D eigenvalue weighted by atomic mass is 10.0. The van der Waals surface area contributed by atoms with E-state index in [9.17, 15) is 8.42 Å². The maximum Gasteiger partial charge on any atom is 0.200 e. The number of benzene rings is 1. The Hall–Kier alpha value is -1.33. The fourth-order valence-electron chi connectivity index (χ4n) is 2.18. The lowest BCUT2D eigenvalue weighted by Gasteiger charge is -2.09. The van der Waals surface area contributed by atoms with Crippen molar-refractivity contribution in [1.82, 2.24) is 5.32 Å². The number of methoxy groups -OCH3 is 1. The van der Waals surface area contributed by atoms with Gasteiger partial charge in [-0.3, -0.25) is 0 Å². The van der Waals surface area contributed by atoms with Crippen LogP contribution in [0.2, 0.25) is 0 Å². The predicted molar refractivity (Wildman–Crippen MR) is 71.3 cm³/mol. The second kappa shape index (κ2) is 5.12. The third-order valence-corrected chi connectivity index (χ3v) is 4.55. The van der Waals surface area contributed by atoms with Gasteiger partial charge in [-0.05, 0) is 44.1 Å². The molecule has 0 spiro atoms. The molecule has 0 atom stereocenters. The summed E-state index contributed by atoms with van der Waals surface area (Å²) < 4.78 is 29.3. The number of rotatable bonds is 5. The zero-order valence-corrected chi connectivity index (χ0v) is 11.4. The highest BCUT2D eigenvalue weighted by atomic mass is 32.2. The van der Waals surface area contributed by atoms with Gasteiger partial charge in [0.1, 0.15) is 5.75 Å². The molecule has 0 radical (unpaired) electrons. The van der Waals surface area contributed by atoms with Gasteiger partial charge < -0.3 is 10.1 Å². The molecule has 4 nitrogen and oxygen atoms in total. The summed E-state index contributed by atoms with van der Waals surface area (Å²) in [6.45, 7) is 0.863. The first kappa shape index (κ1) is 13.1. The van der Waals surface area contributed by atoms with Crippen LogP contribution < -0.4 is 10.1 Å². The molecule has 1 aromatic carbocycles. The van der Waals surface area contributed by atoms with E-state index in [0.717, 1.165) is 30.5 Å². The average Bonchev–Trinajstić information content (AvgIpc) is 2.62. The summed E-state index contributed by atoms with van der Waals surface area (Å²) in [6.07, 6.45) is 1.63. The Morgan fingerprint density at radius 3 is 2.78 bits per heavy atom. The van der Waals surface area contributed by atoms with E-state index in [1.807, 2.05) is 7.05 Å². The molecular weight excluding hydrogens is 250 g/mol. The van der Waals surface area contributed by atoms with E-state index >= 15 is 0 Å². The van der Waals surface area contributed by atoms with E-state index in [0.29, 0.717) is 10.6 Å². The minimum absolute atomic E-state index is 0.362. The quantitative estimate of drug-likeness (QED) is 0.827. The summed E-state index contributed by atoms with van der Waals surface area (Å²) in [5.41, 5.74) is 1.58. The van der Waals surface area contributed by atoms with Crippen LogP contribution in [0.3, 0.4) is 0 Å². The normalized spacial score (nSPS) is 16.2. The smallest absolute Gasteiger partial charge is 0.200 e. The Balaban J connectivity index is 2.41. The van der Waals surface area contributed by atoms with Crippen molar-refractivity contribution in [2.45, 2.75) is 17.7 Å². The highest BCUT2D eigenvalue weighted by molar-refractivity contribution is 7.95. The van der Waals surface area contributed by atoms with E-state index in [4.69, 9.17) is 4.74 Å². The molecule has 1 N–H and O–H groups in total. The monoisotopic (exact) mass is 267 g/mol. The predicted octanol–water partition coefficient (Wildman–Crippen LogP) is 1.82. The van der Waals surface area contributed by atoms with E-state index in [1.54, 1.807) is 25.3 Å². The summed E-state index contributed by atoms with van der Waals surface area (Å²) in [7, 11) is 0.158. The molecule has 0 saturated heterocycles. The number of hydrogen-bond donors (Lipinski definition) is 1. The van der Waals surface area contributed by atoms with Crippen molar-refractivity contribution in [3.63, 3.8) is 0 Å². The minimum Gasteiger partial charge on any atom is -0.496 e. The van der Waals surface area contributed by atoms with Crippen LogP contribution in [-0.2, 0) is 9.84 Å². The first-order valence-corrected chi connectivity index (χ1v) is 7.42. The van der Waals surface area contributed by atoms with Gasteiger partial charge in [-0.15, -0.1) is 0 Å². The third-order valence-electron chi connectivity index (χ3n) is 3.01. The highest BCUT2D eigenvalue weighted by Crippen LogP contribution is 2.41. The Kier molecular flexibility index (Phi) is 3.73. The molecule has 0 amide bonds. The van der Waals surface area contributed by atoms with Crippen molar-refractivity contribution in [1.29, 1.82) is 0 Å². The van der Waals surface area contributed by atoms with E-state index in [1.165, 1.54) is 5.41 Å². The molecule has 18 heavy (non-hydrogen) atoms. The van der Waals surface area contributed by atoms with Crippen molar-refractivity contribution < 1.29 is 13.2 Å². The summed E-state index contributed by atoms with van der Waals surface area (Å²) in [5, 5.41) is 4.43. The fourth-order valence-corrected chi connectivity index (χ4v) is 3.71. The van der Waals surface area contributed by atoms with Crippen LogP contribution in [0.1, 0.15) is 18.4 Å². The van der Waals surface area contributed by atoms with Crippen LogP contribution >= 0.6 is 0 Å². The molecule has 1 aliphatic rings. The Labute approximate surface area is 108 Å². The number of fused-ring (bicyclic) bond motifs is 1. The van der Waals surface area contributed by atoms with E-state index in [-0.39, 0.29) is 0 Å². The van der Waals surface area contributed by atoms with E-state index < -0.39 is 9.84 Å². The number of ether oxygens (including phenoxy) is 1. The molecule has 0 aliphatic carbocycles. The maximum atomic E-state index is 12.0. The molecule has 1 aliphatic heterocycles. The van der Waals surface area contributed by atoms with Gasteiger partial charge in [0.25, 0.3) is 0 Å². The molecule has 2 rings (SSSR count). The van der Waals surface area contributed by atoms with Gasteiger partial charge in [0.2, 0.25) is 9.84 Å². The Morgan fingerprint density at radius 2 is 2.11 bits per heavy atom. The lowest BCUT2D eigenvalue weighted by molar-refractivity contribution is 0.412. The largest absolute Gasteiger partial charge is 0.496 e. The molecule has 0 fully saturated rings. The van der Waals surface area contributed by atoms with Crippen LogP contribution in [-0.4, -0.2) is 29.1 Å². The SMILES string of the molecule is CNCCCC1=CS(=O)(=O)c2cccc(OC)c21. The molecule has 98 valence electrons. The van der Waals surface area contributed by atoms with Crippen LogP contribution in [0.5, 0.6) is 5.75 Å². The van der Waals surface area contributed by atoms with Crippen LogP contribution in [0.15, 0.2) is 28.5 Å². The summed E-state index contributed by atoms with van der Waals surface area (Å²) in [5.74, 6) is 0.629. The zero-order valence-electron chi connectivity index (χ0n) is 10.6. The van der Waals surface area contributed by atoms with E-state index in [2.05, 4.69) is 5.32 Å². The molecule has 1 aromatic rings. The van der Waals surface area contributed by atoms with Gasteiger partial charge in [0.05, 0.1) is 12.0 Å². The fraction of sp³-hybridized carbons (Fsp3) is 0.385. The van der Waals surface area contributed by atoms with Crippen molar-refractivity contribution in [2.24, 2.45) is 0 Å². The number of hydrogen-bond acceptors (Lipinski definition) is 4. The van der Waals surface area contributed by atoms with Crippen LogP contribution in [0.4, 0.5) is 0 Å². The lowest BCUT2D eigenvalue weighted by Crippen LogP contribution is -2.07. The molecule has 1 heterocycles. The summed E-state index contributed by atoms with van der Waals surface area (Å²) >= 11 is 0. The van der Waals surface area contributed by atoms with Crippen molar-refractivity contribution in [3.05, 3.63) is 29.2 Å². The molecule has 0 unspecified atom stereocenters. The molecule has 0 aromatic heterocycles. The van der Waals surface area contributed by atoms with Gasteiger partial charge in [0.15, 0.2) is 0 Å². The third kappa shape index (κ3) is 2.28. The topological polar surface area (TPSA) is 55.4 Å². The number of nitrogens with one attached hydrogen (secondary N) is 1. The summed E-state index contributed by atoms with van der Waals surface area (Å²) in [6, 6.07) is 5.14. The second-order valence-electron chi connectivity index (χ2n) is 4.23. The second-order valence-corrected chi connectivity index (χ2v) is 5.99. The average molecular weight is 267 g/mol. The van der Waals surface area contributed by atoms with Gasteiger partial charge in [-0.2, -0.15) is 0 Å². The van der Waals surface area contributed by atoms with Crippen molar-refractivity contribution in [3.8, 4) is 5.75 Å². The van der Waals surface area contributed by atoms with Crippen LogP contribution in [0, 0.1) is 0 Å². The van der Waals surface area contributed by atoms with Crippen molar-refractivity contribution >= 4 is 15.4 Å². The molecular formula is C13H17NO3S. The molecule has 0 saturated carbocycles. The number of allylic oxidation sites excluding steroid dienone is 1. The molecule has 5 heteroatoms. The first-order valence-electron chi connectivity index (χ1n) is 5.88.